The van der Waals surface area contributed by atoms with Crippen LogP contribution in [-0.4, -0.2) is 9.97 Å². The molecule has 0 fully saturated rings. The summed E-state index contributed by atoms with van der Waals surface area (Å²) in [6, 6.07) is 47.0. The Labute approximate surface area is 254 Å². The molecule has 0 radical (unpaired) electrons. The second kappa shape index (κ2) is 9.46. The lowest BCUT2D eigenvalue weighted by Gasteiger charge is -2.18. The maximum Gasteiger partial charge on any atom is 0.0991 e. The van der Waals surface area contributed by atoms with Gasteiger partial charge in [0.25, 0.3) is 0 Å². The third-order valence-electron chi connectivity index (χ3n) is 8.93. The first-order chi connectivity index (χ1) is 21.8. The van der Waals surface area contributed by atoms with Gasteiger partial charge in [0, 0.05) is 34.6 Å². The Kier molecular flexibility index (Phi) is 5.26. The number of nitriles is 1. The minimum absolute atomic E-state index is 0.668. The van der Waals surface area contributed by atoms with Gasteiger partial charge in [0.15, 0.2) is 0 Å². The number of benzene rings is 7. The van der Waals surface area contributed by atoms with Crippen LogP contribution in [0.2, 0.25) is 0 Å². The van der Waals surface area contributed by atoms with E-state index >= 15 is 0 Å². The molecule has 0 saturated carbocycles. The van der Waals surface area contributed by atoms with Gasteiger partial charge in [-0.2, -0.15) is 5.26 Å². The van der Waals surface area contributed by atoms with Gasteiger partial charge in [0.2, 0.25) is 0 Å². The van der Waals surface area contributed by atoms with Crippen LogP contribution < -0.4 is 0 Å². The molecule has 3 heteroatoms. The molecule has 0 amide bonds. The van der Waals surface area contributed by atoms with E-state index < -0.39 is 0 Å². The van der Waals surface area contributed by atoms with Gasteiger partial charge in [0.1, 0.15) is 0 Å². The predicted octanol–water partition coefficient (Wildman–Crippen LogP) is 10.5. The second-order valence-electron chi connectivity index (χ2n) is 11.2. The maximum atomic E-state index is 9.50. The molecule has 8 aromatic rings. The highest BCUT2D eigenvalue weighted by atomic mass is 14.8. The fourth-order valence-electron chi connectivity index (χ4n) is 7.15. The maximum absolute atomic E-state index is 9.50. The van der Waals surface area contributed by atoms with E-state index in [1.807, 2.05) is 12.1 Å². The third kappa shape index (κ3) is 3.43. The molecule has 44 heavy (non-hydrogen) atoms. The van der Waals surface area contributed by atoms with Crippen molar-refractivity contribution in [3.63, 3.8) is 0 Å². The molecule has 0 N–H and O–H groups in total. The van der Waals surface area contributed by atoms with Crippen LogP contribution in [0.1, 0.15) is 5.56 Å². The summed E-state index contributed by atoms with van der Waals surface area (Å²) in [6.45, 7) is 0. The average molecular weight is 558 g/mol. The Hall–Kier alpha value is -6.11. The first-order valence-corrected chi connectivity index (χ1v) is 14.7. The molecule has 0 spiro atoms. The molecule has 1 aliphatic rings. The number of aromatic nitrogens is 2. The number of fused-ring (bicyclic) bond motifs is 5. The first kappa shape index (κ1) is 24.5. The summed E-state index contributed by atoms with van der Waals surface area (Å²) in [5.41, 5.74) is 14.1. The lowest BCUT2D eigenvalue weighted by molar-refractivity contribution is 1.30. The molecule has 1 aromatic heterocycles. The molecule has 3 nitrogen and oxygen atoms in total. The second-order valence-corrected chi connectivity index (χ2v) is 11.2. The van der Waals surface area contributed by atoms with Gasteiger partial charge in [-0.05, 0) is 67.1 Å². The van der Waals surface area contributed by atoms with Crippen LogP contribution >= 0.6 is 0 Å². The van der Waals surface area contributed by atoms with E-state index in [1.165, 1.54) is 38.6 Å². The molecule has 1 heterocycles. The normalized spacial score (nSPS) is 11.6. The van der Waals surface area contributed by atoms with Crippen molar-refractivity contribution < 1.29 is 0 Å². The Morgan fingerprint density at radius 1 is 0.455 bits per heavy atom. The molecule has 0 unspecified atom stereocenters. The Balaban J connectivity index is 1.44. The lowest BCUT2D eigenvalue weighted by atomic mass is 9.86. The summed E-state index contributed by atoms with van der Waals surface area (Å²) >= 11 is 0. The Morgan fingerprint density at radius 2 is 1.02 bits per heavy atom. The van der Waals surface area contributed by atoms with Crippen molar-refractivity contribution in [2.24, 2.45) is 0 Å². The zero-order chi connectivity index (χ0) is 29.2. The largest absolute Gasteiger partial charge is 0.252 e. The minimum Gasteiger partial charge on any atom is -0.252 e. The molecular formula is C41H23N3. The van der Waals surface area contributed by atoms with Gasteiger partial charge in [-0.1, -0.05) is 115 Å². The van der Waals surface area contributed by atoms with E-state index in [1.54, 1.807) is 12.4 Å². The standard InChI is InChI=1S/C41H23N3/c42-24-25-17-18-29-28(23-25)13-7-14-30(29)31-19-20-34-37-32(31)15-8-16-33(37)38-35(26-9-3-1-4-10-26)40-41(44-22-21-43-40)36(39(34)38)27-11-5-2-6-12-27/h1-23H. The molecule has 202 valence electrons. The molecule has 7 aromatic carbocycles. The highest BCUT2D eigenvalue weighted by Gasteiger charge is 2.32. The monoisotopic (exact) mass is 557 g/mol. The van der Waals surface area contributed by atoms with Crippen molar-refractivity contribution in [2.45, 2.75) is 0 Å². The predicted molar refractivity (Wildman–Crippen MR) is 180 cm³/mol. The topological polar surface area (TPSA) is 49.6 Å². The Bertz CT molecular complexity index is 2400. The van der Waals surface area contributed by atoms with E-state index in [4.69, 9.17) is 9.97 Å². The average Bonchev–Trinajstić information content (AvgIpc) is 3.42. The van der Waals surface area contributed by atoms with Gasteiger partial charge in [-0.15, -0.1) is 0 Å². The quantitative estimate of drug-likeness (QED) is 0.217. The van der Waals surface area contributed by atoms with Crippen molar-refractivity contribution in [1.29, 1.82) is 5.26 Å². The van der Waals surface area contributed by atoms with Gasteiger partial charge < -0.3 is 0 Å². The van der Waals surface area contributed by atoms with Crippen molar-refractivity contribution in [1.82, 2.24) is 9.97 Å². The van der Waals surface area contributed by atoms with Crippen molar-refractivity contribution in [3.05, 3.63) is 145 Å². The number of hydrogen-bond donors (Lipinski definition) is 0. The van der Waals surface area contributed by atoms with Gasteiger partial charge >= 0.3 is 0 Å². The smallest absolute Gasteiger partial charge is 0.0991 e. The van der Waals surface area contributed by atoms with Gasteiger partial charge in [-0.25, -0.2) is 0 Å². The number of hydrogen-bond acceptors (Lipinski definition) is 3. The highest BCUT2D eigenvalue weighted by molar-refractivity contribution is 6.28. The summed E-state index contributed by atoms with van der Waals surface area (Å²) in [4.78, 5) is 9.95. The summed E-state index contributed by atoms with van der Waals surface area (Å²) < 4.78 is 0. The van der Waals surface area contributed by atoms with Crippen LogP contribution in [0.3, 0.4) is 0 Å². The third-order valence-corrected chi connectivity index (χ3v) is 8.93. The van der Waals surface area contributed by atoms with E-state index in [0.717, 1.165) is 49.6 Å². The molecule has 0 saturated heterocycles. The van der Waals surface area contributed by atoms with Gasteiger partial charge in [0.05, 0.1) is 22.7 Å². The van der Waals surface area contributed by atoms with Gasteiger partial charge in [-0.3, -0.25) is 9.97 Å². The van der Waals surface area contributed by atoms with Crippen LogP contribution in [-0.2, 0) is 0 Å². The molecular weight excluding hydrogens is 534 g/mol. The molecule has 0 atom stereocenters. The summed E-state index contributed by atoms with van der Waals surface area (Å²) in [6.07, 6.45) is 3.60. The Morgan fingerprint density at radius 3 is 1.68 bits per heavy atom. The van der Waals surface area contributed by atoms with E-state index in [9.17, 15) is 5.26 Å². The SMILES string of the molecule is N#Cc1ccc2c(-c3ccc4c5c(cccc35)-c3c-4c(-c4ccccc4)c4nccnc4c3-c3ccccc3)cccc2c1. The zero-order valence-corrected chi connectivity index (χ0v) is 23.6. The number of rotatable bonds is 3. The molecule has 0 aliphatic heterocycles. The molecule has 0 bridgehead atoms. The summed E-state index contributed by atoms with van der Waals surface area (Å²) in [5, 5.41) is 14.1. The van der Waals surface area contributed by atoms with Crippen LogP contribution in [0.15, 0.2) is 140 Å². The van der Waals surface area contributed by atoms with E-state index in [0.29, 0.717) is 5.56 Å². The van der Waals surface area contributed by atoms with Crippen LogP contribution in [0.25, 0.3) is 88.2 Å². The van der Waals surface area contributed by atoms with Crippen LogP contribution in [0.4, 0.5) is 0 Å². The van der Waals surface area contributed by atoms with E-state index in [2.05, 4.69) is 121 Å². The van der Waals surface area contributed by atoms with Crippen LogP contribution in [0.5, 0.6) is 0 Å². The summed E-state index contributed by atoms with van der Waals surface area (Å²) in [5.74, 6) is 0. The van der Waals surface area contributed by atoms with E-state index in [-0.39, 0.29) is 0 Å². The van der Waals surface area contributed by atoms with Crippen molar-refractivity contribution >= 4 is 32.6 Å². The minimum atomic E-state index is 0.668. The summed E-state index contributed by atoms with van der Waals surface area (Å²) in [7, 11) is 0. The van der Waals surface area contributed by atoms with Crippen molar-refractivity contribution in [2.75, 3.05) is 0 Å². The highest BCUT2D eigenvalue weighted by Crippen LogP contribution is 2.58. The fourth-order valence-corrected chi connectivity index (χ4v) is 7.15. The van der Waals surface area contributed by atoms with Crippen LogP contribution in [0, 0.1) is 11.3 Å². The first-order valence-electron chi connectivity index (χ1n) is 14.7. The molecule has 9 rings (SSSR count). The zero-order valence-electron chi connectivity index (χ0n) is 23.6. The molecule has 1 aliphatic carbocycles. The van der Waals surface area contributed by atoms with Crippen molar-refractivity contribution in [3.8, 4) is 61.7 Å². The fraction of sp³-hybridized carbons (Fsp3) is 0. The lowest BCUT2D eigenvalue weighted by Crippen LogP contribution is -1.96. The number of nitrogens with zero attached hydrogens (tertiary/aromatic N) is 3.